The predicted molar refractivity (Wildman–Crippen MR) is 124 cm³/mol. The molecule has 1 aromatic carbocycles. The number of nitrogens with one attached hydrogen (secondary N) is 2. The molecular formula is C23H28N4O2S. The van der Waals surface area contributed by atoms with Crippen LogP contribution >= 0.6 is 11.3 Å². The van der Waals surface area contributed by atoms with Gasteiger partial charge in [-0.05, 0) is 56.5 Å². The van der Waals surface area contributed by atoms with E-state index in [2.05, 4.69) is 15.6 Å². The number of hydrogen-bond donors (Lipinski definition) is 2. The van der Waals surface area contributed by atoms with E-state index in [0.717, 1.165) is 26.6 Å². The average molecular weight is 425 g/mol. The molecule has 0 unspecified atom stereocenters. The highest BCUT2D eigenvalue weighted by atomic mass is 32.1. The van der Waals surface area contributed by atoms with Gasteiger partial charge in [0.05, 0.1) is 11.7 Å². The molecule has 0 aliphatic heterocycles. The monoisotopic (exact) mass is 424 g/mol. The lowest BCUT2D eigenvalue weighted by molar-refractivity contribution is -0.116. The largest absolute Gasteiger partial charge is 0.382 e. The zero-order valence-electron chi connectivity index (χ0n) is 17.5. The number of amides is 1. The molecule has 1 saturated carbocycles. The van der Waals surface area contributed by atoms with Crippen LogP contribution in [0.4, 0.5) is 11.4 Å². The highest BCUT2D eigenvalue weighted by molar-refractivity contribution is 7.18. The summed E-state index contributed by atoms with van der Waals surface area (Å²) < 4.78 is 1.53. The van der Waals surface area contributed by atoms with Gasteiger partial charge in [0, 0.05) is 35.3 Å². The number of rotatable bonds is 6. The molecule has 1 amide bonds. The fourth-order valence-electron chi connectivity index (χ4n) is 4.01. The van der Waals surface area contributed by atoms with Crippen LogP contribution in [0.5, 0.6) is 0 Å². The van der Waals surface area contributed by atoms with E-state index in [1.54, 1.807) is 6.33 Å². The van der Waals surface area contributed by atoms with E-state index >= 15 is 0 Å². The molecule has 2 heterocycles. The quantitative estimate of drug-likeness (QED) is 0.593. The number of carbonyl (C=O) groups excluding carboxylic acids is 1. The summed E-state index contributed by atoms with van der Waals surface area (Å²) in [7, 11) is 0. The number of aryl methyl sites for hydroxylation is 3. The van der Waals surface area contributed by atoms with Gasteiger partial charge in [0.1, 0.15) is 4.83 Å². The van der Waals surface area contributed by atoms with Crippen LogP contribution in [-0.2, 0) is 11.3 Å². The average Bonchev–Trinajstić information content (AvgIpc) is 3.04. The molecule has 0 atom stereocenters. The Labute approximate surface area is 180 Å². The van der Waals surface area contributed by atoms with Gasteiger partial charge in [-0.25, -0.2) is 4.98 Å². The van der Waals surface area contributed by atoms with Crippen molar-refractivity contribution in [3.63, 3.8) is 0 Å². The number of aromatic nitrogens is 2. The minimum atomic E-state index is -0.117. The van der Waals surface area contributed by atoms with Gasteiger partial charge in [0.2, 0.25) is 5.91 Å². The molecule has 2 aromatic heterocycles. The molecule has 3 aromatic rings. The normalized spacial score (nSPS) is 14.7. The Morgan fingerprint density at radius 1 is 1.13 bits per heavy atom. The second kappa shape index (κ2) is 9.00. The van der Waals surface area contributed by atoms with Crippen molar-refractivity contribution in [2.45, 2.75) is 65.0 Å². The third kappa shape index (κ3) is 4.56. The maximum Gasteiger partial charge on any atom is 0.262 e. The van der Waals surface area contributed by atoms with Crippen LogP contribution in [0.15, 0.2) is 35.4 Å². The van der Waals surface area contributed by atoms with Crippen LogP contribution < -0.4 is 16.2 Å². The van der Waals surface area contributed by atoms with E-state index in [4.69, 9.17) is 0 Å². The zero-order chi connectivity index (χ0) is 21.1. The van der Waals surface area contributed by atoms with Gasteiger partial charge >= 0.3 is 0 Å². The summed E-state index contributed by atoms with van der Waals surface area (Å²) in [5.74, 6) is -0.117. The maximum atomic E-state index is 12.7. The van der Waals surface area contributed by atoms with Crippen molar-refractivity contribution in [1.29, 1.82) is 0 Å². The summed E-state index contributed by atoms with van der Waals surface area (Å²) in [6, 6.07) is 8.41. The van der Waals surface area contributed by atoms with Crippen LogP contribution in [0.25, 0.3) is 10.2 Å². The Morgan fingerprint density at radius 2 is 1.83 bits per heavy atom. The number of benzene rings is 1. The summed E-state index contributed by atoms with van der Waals surface area (Å²) in [5.41, 5.74) is 2.76. The van der Waals surface area contributed by atoms with Crippen LogP contribution in [0.3, 0.4) is 0 Å². The van der Waals surface area contributed by atoms with Crippen molar-refractivity contribution >= 4 is 38.8 Å². The van der Waals surface area contributed by atoms with Crippen LogP contribution in [0.2, 0.25) is 0 Å². The second-order valence-electron chi connectivity index (χ2n) is 8.06. The molecule has 0 bridgehead atoms. The third-order valence-electron chi connectivity index (χ3n) is 5.88. The van der Waals surface area contributed by atoms with Gasteiger partial charge in [-0.1, -0.05) is 19.3 Å². The molecule has 0 spiro atoms. The summed E-state index contributed by atoms with van der Waals surface area (Å²) in [4.78, 5) is 31.3. The topological polar surface area (TPSA) is 76.0 Å². The number of anilines is 2. The van der Waals surface area contributed by atoms with Crippen molar-refractivity contribution < 1.29 is 4.79 Å². The molecular weight excluding hydrogens is 396 g/mol. The van der Waals surface area contributed by atoms with Crippen molar-refractivity contribution in [1.82, 2.24) is 9.55 Å². The van der Waals surface area contributed by atoms with E-state index in [9.17, 15) is 9.59 Å². The zero-order valence-corrected chi connectivity index (χ0v) is 18.3. The Kier molecular flexibility index (Phi) is 6.18. The molecule has 4 rings (SSSR count). The molecule has 1 aliphatic carbocycles. The Hall–Kier alpha value is -2.67. The fraction of sp³-hybridized carbons (Fsp3) is 0.435. The Morgan fingerprint density at radius 3 is 2.57 bits per heavy atom. The standard InChI is InChI=1S/C23H28N4O2S/c1-15-16(2)30-22-21(15)23(29)27(14-24-22)13-12-20(28)26-19-10-8-18(9-11-19)25-17-6-4-3-5-7-17/h8-11,14,17,25H,3-7,12-13H2,1-2H3,(H,26,28). The summed E-state index contributed by atoms with van der Waals surface area (Å²) >= 11 is 1.53. The Balaban J connectivity index is 1.33. The molecule has 0 saturated heterocycles. The summed E-state index contributed by atoms with van der Waals surface area (Å²) in [6.45, 7) is 4.25. The van der Waals surface area contributed by atoms with E-state index in [-0.39, 0.29) is 17.9 Å². The lowest BCUT2D eigenvalue weighted by Crippen LogP contribution is -2.23. The van der Waals surface area contributed by atoms with Gasteiger partial charge in [0.15, 0.2) is 0 Å². The molecule has 30 heavy (non-hydrogen) atoms. The predicted octanol–water partition coefficient (Wildman–Crippen LogP) is 4.85. The summed E-state index contributed by atoms with van der Waals surface area (Å²) in [6.07, 6.45) is 8.14. The number of carbonyl (C=O) groups is 1. The van der Waals surface area contributed by atoms with E-state index in [1.807, 2.05) is 38.1 Å². The fourth-order valence-corrected chi connectivity index (χ4v) is 4.99. The van der Waals surface area contributed by atoms with Gasteiger partial charge in [-0.3, -0.25) is 14.2 Å². The molecule has 0 radical (unpaired) electrons. The highest BCUT2D eigenvalue weighted by Gasteiger charge is 2.14. The number of thiophene rings is 1. The first-order valence-corrected chi connectivity index (χ1v) is 11.4. The molecule has 7 heteroatoms. The van der Waals surface area contributed by atoms with Crippen LogP contribution in [0, 0.1) is 13.8 Å². The van der Waals surface area contributed by atoms with Crippen molar-refractivity contribution in [2.24, 2.45) is 0 Å². The van der Waals surface area contributed by atoms with E-state index in [0.29, 0.717) is 18.0 Å². The molecule has 6 nitrogen and oxygen atoms in total. The van der Waals surface area contributed by atoms with E-state index in [1.165, 1.54) is 48.0 Å². The minimum Gasteiger partial charge on any atom is -0.382 e. The first-order valence-electron chi connectivity index (χ1n) is 10.6. The first-order chi connectivity index (χ1) is 14.5. The van der Waals surface area contributed by atoms with E-state index < -0.39 is 0 Å². The smallest absolute Gasteiger partial charge is 0.262 e. The lowest BCUT2D eigenvalue weighted by atomic mass is 9.95. The first kappa shape index (κ1) is 20.6. The van der Waals surface area contributed by atoms with Gasteiger partial charge in [-0.2, -0.15) is 0 Å². The number of hydrogen-bond acceptors (Lipinski definition) is 5. The molecule has 158 valence electrons. The van der Waals surface area contributed by atoms with Crippen molar-refractivity contribution in [2.75, 3.05) is 10.6 Å². The third-order valence-corrected chi connectivity index (χ3v) is 7.00. The Bertz CT molecular complexity index is 1090. The minimum absolute atomic E-state index is 0.0761. The maximum absolute atomic E-state index is 12.7. The van der Waals surface area contributed by atoms with Crippen molar-refractivity contribution in [3.8, 4) is 0 Å². The second-order valence-corrected chi connectivity index (χ2v) is 9.26. The van der Waals surface area contributed by atoms with Gasteiger partial charge < -0.3 is 10.6 Å². The summed E-state index contributed by atoms with van der Waals surface area (Å²) in [5, 5.41) is 7.16. The lowest BCUT2D eigenvalue weighted by Gasteiger charge is -2.23. The number of fused-ring (bicyclic) bond motifs is 1. The molecule has 1 fully saturated rings. The van der Waals surface area contributed by atoms with Gasteiger partial charge in [-0.15, -0.1) is 11.3 Å². The van der Waals surface area contributed by atoms with Gasteiger partial charge in [0.25, 0.3) is 5.56 Å². The SMILES string of the molecule is Cc1sc2ncn(CCC(=O)Nc3ccc(NC4CCCCC4)cc3)c(=O)c2c1C. The van der Waals surface area contributed by atoms with Crippen LogP contribution in [-0.4, -0.2) is 21.5 Å². The molecule has 2 N–H and O–H groups in total. The van der Waals surface area contributed by atoms with Crippen LogP contribution in [0.1, 0.15) is 49.0 Å². The van der Waals surface area contributed by atoms with Crippen molar-refractivity contribution in [3.05, 3.63) is 51.4 Å². The highest BCUT2D eigenvalue weighted by Crippen LogP contribution is 2.25. The number of nitrogens with zero attached hydrogens (tertiary/aromatic N) is 2. The molecule has 1 aliphatic rings.